The Balaban J connectivity index is 0.000000111. The lowest BCUT2D eigenvalue weighted by molar-refractivity contribution is -0.158. The highest BCUT2D eigenvalue weighted by atomic mass is 35.5. The van der Waals surface area contributed by atoms with E-state index >= 15 is 0 Å². The van der Waals surface area contributed by atoms with Crippen LogP contribution >= 0.6 is 11.6 Å². The van der Waals surface area contributed by atoms with Gasteiger partial charge in [-0.1, -0.05) is 73.1 Å². The molecule has 15 heteroatoms. The van der Waals surface area contributed by atoms with Crippen LogP contribution in [0.5, 0.6) is 0 Å². The minimum atomic E-state index is -0.373. The summed E-state index contributed by atoms with van der Waals surface area (Å²) in [7, 11) is 0. The van der Waals surface area contributed by atoms with Crippen molar-refractivity contribution in [2.24, 2.45) is 243 Å². The van der Waals surface area contributed by atoms with Crippen molar-refractivity contribution < 1.29 is 69.6 Å². The first kappa shape index (κ1) is 112. The van der Waals surface area contributed by atoms with Gasteiger partial charge in [0.15, 0.2) is 0 Å². The molecule has 8 N–H and O–H groups in total. The molecule has 24 aliphatic rings. The molecule has 49 atom stereocenters. The van der Waals surface area contributed by atoms with Gasteiger partial charge in [-0.2, -0.15) is 0 Å². The SMILES string of the molecule is C=C(C)C1CC[C@H]2[C@@H]3CC[C@H]4C[C@H](O)CC[C@]4(C)[C@H]3CC[C@]12C(C)=O.C=CC1CC[C@H]2[C@@H]3CC[C@H]4C[C@H](O)CC[C@]4(C)[C@H]3CC[C@]12C(C)=O.CC(=O)[C@]12CC[C@H]3[C@@H](CC[C@H]4C[C@H](O)CC[C@@]43C)[C@@H]1CCC2CCl.CC(=O)[C@]12CC[C@H]3[C@@H](CC[C@H]4C[C@H](O)CC[C@@]43C)[C@@H]1CCC2CO.CC(=O)[C@]12CC[C@H]3[C@@H](CC[C@H]4C[C@H](O)CC[C@@]43C)[C@@H]1CCC2[C@@H](C)O.CCC1CC[C@H]2[C@@H]3CC[C@H]4C[C@H](O)CC[C@]4(C)[C@H]3CC[C@]12C(C)=O. The number of halogens is 1. The number of carbonyl (C=O) groups is 6. The Hall–Kier alpha value is -2.53. The first-order chi connectivity index (χ1) is 69.3. The van der Waals surface area contributed by atoms with Crippen LogP contribution in [0.1, 0.15) is 457 Å². The highest BCUT2D eigenvalue weighted by Gasteiger charge is 2.72. The number of hydrogen-bond acceptors (Lipinski definition) is 14. The van der Waals surface area contributed by atoms with Crippen LogP contribution in [0, 0.1) is 243 Å². The number of alkyl halides is 1. The van der Waals surface area contributed by atoms with E-state index in [1.54, 1.807) is 13.8 Å². The van der Waals surface area contributed by atoms with Crippen LogP contribution in [-0.2, 0) is 28.8 Å². The zero-order valence-electron chi connectivity index (χ0n) is 94.6. The molecule has 0 saturated heterocycles. The van der Waals surface area contributed by atoms with Crippen LogP contribution in [0.25, 0.3) is 0 Å². The Labute approximate surface area is 889 Å². The smallest absolute Gasteiger partial charge is 0.136 e. The Bertz CT molecular complexity index is 4470. The van der Waals surface area contributed by atoms with Crippen molar-refractivity contribution in [3.05, 3.63) is 24.8 Å². The van der Waals surface area contributed by atoms with Crippen molar-refractivity contribution in [2.45, 2.75) is 500 Å². The fraction of sp³-hybridized carbons (Fsp3) is 0.924. The molecule has 824 valence electrons. The molecule has 0 aromatic carbocycles. The molecule has 0 heterocycles. The lowest BCUT2D eigenvalue weighted by Crippen LogP contribution is -2.56. The second-order valence-corrected chi connectivity index (χ2v) is 59.5. The maximum atomic E-state index is 12.9. The molecule has 6 unspecified atom stereocenters. The van der Waals surface area contributed by atoms with Gasteiger partial charge in [-0.05, 0) is 612 Å². The summed E-state index contributed by atoms with van der Waals surface area (Å²) >= 11 is 6.31. The summed E-state index contributed by atoms with van der Waals surface area (Å²) in [5.41, 5.74) is 2.79. The van der Waals surface area contributed by atoms with Gasteiger partial charge in [0, 0.05) is 45.0 Å². The lowest BCUT2D eigenvalue weighted by atomic mass is 9.44. The molecule has 0 aromatic rings. The molecule has 0 radical (unpaired) electrons. The Kier molecular flexibility index (Phi) is 32.4. The van der Waals surface area contributed by atoms with E-state index in [1.165, 1.54) is 179 Å². The number of fused-ring (bicyclic) bond motifs is 30. The summed E-state index contributed by atoms with van der Waals surface area (Å²) in [6, 6.07) is 0. The van der Waals surface area contributed by atoms with E-state index in [2.05, 4.69) is 74.6 Å². The first-order valence-corrected chi connectivity index (χ1v) is 63.1. The average Bonchev–Trinajstić information content (AvgIpc) is 1.50. The summed E-state index contributed by atoms with van der Waals surface area (Å²) in [4.78, 5) is 76.8. The van der Waals surface area contributed by atoms with Crippen molar-refractivity contribution >= 4 is 46.3 Å². The van der Waals surface area contributed by atoms with Gasteiger partial charge in [0.2, 0.25) is 0 Å². The molecule has 0 aromatic heterocycles. The largest absolute Gasteiger partial charge is 0.396 e. The summed E-state index contributed by atoms with van der Waals surface area (Å²) in [6.45, 7) is 40.9. The van der Waals surface area contributed by atoms with Crippen LogP contribution in [0.4, 0.5) is 0 Å². The van der Waals surface area contributed by atoms with Gasteiger partial charge in [0.05, 0.1) is 42.7 Å². The van der Waals surface area contributed by atoms with Crippen LogP contribution in [-0.4, -0.2) is 131 Å². The zero-order chi connectivity index (χ0) is 104. The van der Waals surface area contributed by atoms with Crippen LogP contribution < -0.4 is 0 Å². The number of carbonyl (C=O) groups excluding carboxylic acids is 6. The van der Waals surface area contributed by atoms with Crippen LogP contribution in [0.3, 0.4) is 0 Å². The topological polar surface area (TPSA) is 264 Å². The third kappa shape index (κ3) is 17.7. The third-order valence-corrected chi connectivity index (χ3v) is 56.2. The fourth-order valence-corrected chi connectivity index (χ4v) is 49.3. The van der Waals surface area contributed by atoms with Gasteiger partial charge < -0.3 is 40.9 Å². The number of hydrogen-bond donors (Lipinski definition) is 8. The van der Waals surface area contributed by atoms with Crippen LogP contribution in [0.2, 0.25) is 0 Å². The molecule has 24 fully saturated rings. The predicted octanol–water partition coefficient (Wildman–Crippen LogP) is 27.2. The van der Waals surface area contributed by atoms with E-state index < -0.39 is 0 Å². The fourth-order valence-electron chi connectivity index (χ4n) is 48.9. The molecule has 0 bridgehead atoms. The minimum Gasteiger partial charge on any atom is -0.396 e. The summed E-state index contributed by atoms with van der Waals surface area (Å²) in [5, 5.41) is 81.1. The maximum absolute atomic E-state index is 12.9. The molecule has 24 aliphatic carbocycles. The normalized spacial score (nSPS) is 53.4. The second-order valence-electron chi connectivity index (χ2n) is 59.2. The average molecular weight is 2040 g/mol. The highest BCUT2D eigenvalue weighted by molar-refractivity contribution is 6.18. The van der Waals surface area contributed by atoms with Crippen LogP contribution in [0.15, 0.2) is 24.8 Å². The molecule has 146 heavy (non-hydrogen) atoms. The van der Waals surface area contributed by atoms with Gasteiger partial charge >= 0.3 is 0 Å². The van der Waals surface area contributed by atoms with Gasteiger partial charge in [0.1, 0.15) is 34.7 Å². The number of aliphatic hydroxyl groups is 8. The van der Waals surface area contributed by atoms with E-state index in [0.717, 1.165) is 233 Å². The molecule has 24 rings (SSSR count). The predicted molar refractivity (Wildman–Crippen MR) is 582 cm³/mol. The number of Topliss-reactive ketones (excluding diaryl/α,β-unsaturated/α-hetero) is 6. The number of allylic oxidation sites excluding steroid dienone is 2. The van der Waals surface area contributed by atoms with Crippen molar-refractivity contribution in [1.29, 1.82) is 0 Å². The highest BCUT2D eigenvalue weighted by Crippen LogP contribution is 2.77. The minimum absolute atomic E-state index is 0.0211. The first-order valence-electron chi connectivity index (χ1n) is 62.6. The number of rotatable bonds is 12. The number of aliphatic hydroxyl groups excluding tert-OH is 8. The molecule has 14 nitrogen and oxygen atoms in total. The summed E-state index contributed by atoms with van der Waals surface area (Å²) in [5.74, 6) is 21.6. The number of ketones is 6. The molecular weight excluding hydrogens is 1830 g/mol. The molecule has 0 spiro atoms. The van der Waals surface area contributed by atoms with Gasteiger partial charge in [-0.3, -0.25) is 28.8 Å². The third-order valence-electron chi connectivity index (χ3n) is 55.8. The molecule has 0 amide bonds. The standard InChI is InChI=1S/C23H36O2.C22H36O3.C22H36O2.C22H34O2.C21H33ClO2.C21H34O3/c1-14(2)19-7-8-21-18-6-5-16-13-17(25)9-11-22(16,4)20(18)10-12-23(19,21)15(3)24;1-13(23)18-6-7-20-17-5-4-15-12-16(25)8-10-21(15,3)19(17)9-11-22(18,20)14(2)24;2*1-4-15-6-8-20-18-7-5-16-13-17(24)9-11-21(16,3)19(18)10-12-22(15,20)14(2)23;2*1-13(23)21-10-8-18-17(19(21)6-4-15(21)12-22)5-3-14-11-16(24)7-9-20(14,18)2/h16-21,25H,1,5-13H2,2-4H3;13,15-20,23,25H,4-12H2,1-3H3;15-20,24H,4-13H2,1-3H3;4,15-20,24H,1,5-13H2,2-3H3;14-19,24H,3-12H2,1-2H3;14-19,22,24H,3-12H2,1-2H3/t16-,17+,18+,19?,20-,21-,22-,23-;13-,15+,16-,17-,18?,19+,20+,21+,22+;2*15?,16-,17+,18+,19-,20-,21-,22-;2*14-,15?,16+,17+,18-,19-,20-,21-/m010000/s1. The van der Waals surface area contributed by atoms with E-state index in [4.69, 9.17) is 11.6 Å². The van der Waals surface area contributed by atoms with Gasteiger partial charge in [-0.25, -0.2) is 0 Å². The quantitative estimate of drug-likeness (QED) is 0.0668. The molecule has 0 aliphatic heterocycles. The summed E-state index contributed by atoms with van der Waals surface area (Å²) in [6.07, 6.45) is 64.0. The van der Waals surface area contributed by atoms with Crippen molar-refractivity contribution in [1.82, 2.24) is 0 Å². The van der Waals surface area contributed by atoms with E-state index in [9.17, 15) is 69.6 Å². The zero-order valence-corrected chi connectivity index (χ0v) is 95.3. The molecular formula is C131H209ClO14. The van der Waals surface area contributed by atoms with Gasteiger partial charge in [-0.15, -0.1) is 18.2 Å². The monoisotopic (exact) mass is 2040 g/mol. The molecule has 24 saturated carbocycles. The maximum Gasteiger partial charge on any atom is 0.136 e. The Morgan fingerprint density at radius 1 is 0.295 bits per heavy atom. The Morgan fingerprint density at radius 3 is 0.815 bits per heavy atom. The lowest BCUT2D eigenvalue weighted by Gasteiger charge is -2.61. The van der Waals surface area contributed by atoms with Crippen molar-refractivity contribution in [3.63, 3.8) is 0 Å². The summed E-state index contributed by atoms with van der Waals surface area (Å²) < 4.78 is 0. The van der Waals surface area contributed by atoms with E-state index in [-0.39, 0.29) is 93.7 Å². The van der Waals surface area contributed by atoms with E-state index in [0.29, 0.717) is 186 Å². The van der Waals surface area contributed by atoms with Crippen molar-refractivity contribution in [2.75, 3.05) is 12.5 Å². The van der Waals surface area contributed by atoms with Gasteiger partial charge in [0.25, 0.3) is 0 Å². The van der Waals surface area contributed by atoms with E-state index in [1.807, 2.05) is 34.6 Å². The van der Waals surface area contributed by atoms with Crippen molar-refractivity contribution in [3.8, 4) is 0 Å². The second kappa shape index (κ2) is 42.4. The Morgan fingerprint density at radius 2 is 0.534 bits per heavy atom.